The van der Waals surface area contributed by atoms with Crippen molar-refractivity contribution in [2.45, 2.75) is 24.9 Å². The number of aliphatic carboxylic acids is 2. The van der Waals surface area contributed by atoms with E-state index in [1.807, 2.05) is 36.5 Å². The van der Waals surface area contributed by atoms with Crippen molar-refractivity contribution in [3.05, 3.63) is 114 Å². The molecule has 1 aliphatic rings. The first-order valence-corrected chi connectivity index (χ1v) is 16.5. The molecule has 1 aliphatic heterocycles. The van der Waals surface area contributed by atoms with Gasteiger partial charge in [0.1, 0.15) is 36.8 Å². The first-order chi connectivity index (χ1) is 26.1. The van der Waals surface area contributed by atoms with Crippen molar-refractivity contribution < 1.29 is 66.3 Å². The second kappa shape index (κ2) is 18.9. The Hall–Kier alpha value is -5.98. The lowest BCUT2D eigenvalue weighted by Gasteiger charge is -2.31. The molecule has 290 valence electrons. The summed E-state index contributed by atoms with van der Waals surface area (Å²) in [6, 6.07) is 26.5. The smallest absolute Gasteiger partial charge is 0.430 e. The number of rotatable bonds is 8. The van der Waals surface area contributed by atoms with Crippen LogP contribution in [0.15, 0.2) is 97.5 Å². The number of carbonyl (C=O) groups is 3. The van der Waals surface area contributed by atoms with Crippen LogP contribution in [0.1, 0.15) is 27.7 Å². The Bertz CT molecular complexity index is 2020. The lowest BCUT2D eigenvalue weighted by molar-refractivity contribution is -0.937. The van der Waals surface area contributed by atoms with Crippen LogP contribution in [0, 0.1) is 0 Å². The maximum Gasteiger partial charge on any atom is 0.430 e. The van der Waals surface area contributed by atoms with Crippen molar-refractivity contribution in [3.63, 3.8) is 0 Å². The fraction of sp³-hybridized carbons (Fsp3) is 0.243. The Kier molecular flexibility index (Phi) is 14.3. The molecule has 4 heterocycles. The molecular weight excluding hydrogens is 738 g/mol. The Labute approximate surface area is 309 Å². The molecule has 1 amide bonds. The van der Waals surface area contributed by atoms with Gasteiger partial charge in [0.2, 0.25) is 0 Å². The van der Waals surface area contributed by atoms with Crippen molar-refractivity contribution >= 4 is 28.7 Å². The molecule has 5 aromatic rings. The Morgan fingerprint density at radius 2 is 1.45 bits per heavy atom. The minimum atomic E-state index is -5.19. The zero-order chi connectivity index (χ0) is 40.2. The highest BCUT2D eigenvalue weighted by atomic mass is 19.4. The molecule has 5 N–H and O–H groups in total. The van der Waals surface area contributed by atoms with E-state index >= 15 is 0 Å². The summed E-state index contributed by atoms with van der Waals surface area (Å²) in [6.07, 6.45) is -5.07. The molecule has 6 rings (SSSR count). The third-order valence-corrected chi connectivity index (χ3v) is 8.20. The van der Waals surface area contributed by atoms with Crippen LogP contribution in [0.5, 0.6) is 0 Å². The van der Waals surface area contributed by atoms with Gasteiger partial charge in [-0.25, -0.2) is 4.98 Å². The number of carbonyl (C=O) groups excluding carboxylic acids is 3. The highest BCUT2D eigenvalue weighted by Crippen LogP contribution is 2.34. The molecule has 1 fully saturated rings. The number of nitrogens with zero attached hydrogens (tertiary/aromatic N) is 3. The number of aromatic nitrogens is 3. The zero-order valence-corrected chi connectivity index (χ0v) is 28.8. The highest BCUT2D eigenvalue weighted by molar-refractivity contribution is 6.06. The van der Waals surface area contributed by atoms with Crippen LogP contribution < -0.4 is 26.2 Å². The van der Waals surface area contributed by atoms with Crippen molar-refractivity contribution in [1.82, 2.24) is 20.3 Å². The summed E-state index contributed by atoms with van der Waals surface area (Å²) in [6.45, 7) is 4.37. The third-order valence-electron chi connectivity index (χ3n) is 8.20. The predicted molar refractivity (Wildman–Crippen MR) is 180 cm³/mol. The standard InChI is InChI=1S/C33H32N6O2.2C2HF3O2/c34-20-23-8-10-25(11-9-23)31-27(24-5-2-1-3-6-24)19-28-29(38-31)12-14-36-32(28)33(40)37-22-30(26-7-4-13-35-21-26)39-15-17-41-18-16-39;2*3-2(4,5)1(6)7/h1-14,19,21,30H,15-18,20,22,34H2,(H,37,40);2*(H,6,7). The summed E-state index contributed by atoms with van der Waals surface area (Å²) in [5, 5.41) is 21.5. The van der Waals surface area contributed by atoms with E-state index in [2.05, 4.69) is 69.5 Å². The van der Waals surface area contributed by atoms with E-state index in [1.54, 1.807) is 12.4 Å². The number of carboxylic acid groups (broad SMARTS) is 2. The predicted octanol–water partition coefficient (Wildman–Crippen LogP) is 1.08. The number of hydrogen-bond acceptors (Lipinski definition) is 9. The number of quaternary nitrogens is 2. The summed E-state index contributed by atoms with van der Waals surface area (Å²) in [7, 11) is 0. The molecule has 18 heteroatoms. The Balaban J connectivity index is 0.000000410. The van der Waals surface area contributed by atoms with E-state index in [-0.39, 0.29) is 11.9 Å². The molecule has 2 aromatic carbocycles. The zero-order valence-electron chi connectivity index (χ0n) is 28.8. The topological polar surface area (TPSA) is 189 Å². The average molecular weight is 773 g/mol. The van der Waals surface area contributed by atoms with Gasteiger partial charge in [-0.05, 0) is 29.8 Å². The molecule has 0 bridgehead atoms. The fourth-order valence-electron chi connectivity index (χ4n) is 5.50. The maximum atomic E-state index is 13.7. The van der Waals surface area contributed by atoms with Gasteiger partial charge in [-0.3, -0.25) is 14.8 Å². The molecule has 3 aromatic heterocycles. The summed E-state index contributed by atoms with van der Waals surface area (Å²) >= 11 is 0. The van der Waals surface area contributed by atoms with Crippen LogP contribution in [-0.2, 0) is 20.9 Å². The second-order valence-corrected chi connectivity index (χ2v) is 11.8. The number of hydrogen-bond donors (Lipinski definition) is 3. The Morgan fingerprint density at radius 3 is 2.00 bits per heavy atom. The van der Waals surface area contributed by atoms with Crippen LogP contribution in [0.3, 0.4) is 0 Å². The van der Waals surface area contributed by atoms with Crippen molar-refractivity contribution in [1.29, 1.82) is 0 Å². The van der Waals surface area contributed by atoms with Gasteiger partial charge in [-0.15, -0.1) is 0 Å². The minimum absolute atomic E-state index is 0.0671. The van der Waals surface area contributed by atoms with Crippen LogP contribution in [0.25, 0.3) is 33.3 Å². The third kappa shape index (κ3) is 11.8. The van der Waals surface area contributed by atoms with Gasteiger partial charge in [0.15, 0.2) is 0 Å². The average Bonchev–Trinajstić information content (AvgIpc) is 3.18. The fourth-order valence-corrected chi connectivity index (χ4v) is 5.50. The monoisotopic (exact) mass is 772 g/mol. The molecule has 1 atom stereocenters. The van der Waals surface area contributed by atoms with Gasteiger partial charge in [0.25, 0.3) is 5.91 Å². The number of halogens is 6. The highest BCUT2D eigenvalue weighted by Gasteiger charge is 2.30. The molecule has 0 saturated carbocycles. The molecule has 0 aliphatic carbocycles. The number of pyridine rings is 3. The number of ether oxygens (including phenoxy) is 1. The number of benzene rings is 2. The van der Waals surface area contributed by atoms with Crippen molar-refractivity contribution in [2.75, 3.05) is 32.8 Å². The quantitative estimate of drug-likeness (QED) is 0.194. The van der Waals surface area contributed by atoms with Gasteiger partial charge in [0.05, 0.1) is 37.5 Å². The normalized spacial score (nSPS) is 13.7. The SMILES string of the molecule is O=C([O-])C(F)(F)F.O=C([O-])C(F)(F)F.[NH3+]Cc1ccc(-c2nc3ccnc(C(=O)NCC(c4cccnc4)[NH+]4CCOCC4)c3cc2-c2ccccc2)cc1. The number of nitrogens with one attached hydrogen (secondary N) is 2. The van der Waals surface area contributed by atoms with Gasteiger partial charge in [0, 0.05) is 46.2 Å². The van der Waals surface area contributed by atoms with Gasteiger partial charge in [-0.1, -0.05) is 54.6 Å². The van der Waals surface area contributed by atoms with Crippen molar-refractivity contribution in [2.24, 2.45) is 0 Å². The van der Waals surface area contributed by atoms with Crippen molar-refractivity contribution in [3.8, 4) is 22.4 Å². The number of alkyl halides is 6. The molecule has 0 radical (unpaired) electrons. The van der Waals surface area contributed by atoms with E-state index in [0.717, 1.165) is 58.5 Å². The van der Waals surface area contributed by atoms with E-state index < -0.39 is 24.3 Å². The van der Waals surface area contributed by atoms with Crippen LogP contribution >= 0.6 is 0 Å². The maximum absolute atomic E-state index is 13.7. The van der Waals surface area contributed by atoms with Gasteiger partial charge in [-0.2, -0.15) is 26.3 Å². The van der Waals surface area contributed by atoms with Crippen LogP contribution in [0.4, 0.5) is 26.3 Å². The number of fused-ring (bicyclic) bond motifs is 1. The minimum Gasteiger partial charge on any atom is -0.542 e. The first-order valence-electron chi connectivity index (χ1n) is 16.5. The second-order valence-electron chi connectivity index (χ2n) is 11.8. The van der Waals surface area contributed by atoms with E-state index in [1.165, 1.54) is 10.5 Å². The lowest BCUT2D eigenvalue weighted by Crippen LogP contribution is -3.15. The largest absolute Gasteiger partial charge is 0.542 e. The first kappa shape index (κ1) is 41.8. The summed E-state index contributed by atoms with van der Waals surface area (Å²) in [4.78, 5) is 46.6. The van der Waals surface area contributed by atoms with Crippen LogP contribution in [-0.4, -0.2) is 78.0 Å². The molecular formula is C37H34F6N6O6. The lowest BCUT2D eigenvalue weighted by atomic mass is 9.96. The van der Waals surface area contributed by atoms with E-state index in [9.17, 15) is 31.1 Å². The summed E-state index contributed by atoms with van der Waals surface area (Å²) < 4.78 is 68.7. The van der Waals surface area contributed by atoms with E-state index in [0.29, 0.717) is 25.5 Å². The van der Waals surface area contributed by atoms with Gasteiger partial charge >= 0.3 is 12.4 Å². The number of amides is 1. The molecule has 12 nitrogen and oxygen atoms in total. The number of morpholine rings is 1. The molecule has 0 spiro atoms. The molecule has 1 unspecified atom stereocenters. The number of carboxylic acids is 2. The van der Waals surface area contributed by atoms with Crippen LogP contribution in [0.2, 0.25) is 0 Å². The van der Waals surface area contributed by atoms with Gasteiger partial charge < -0.3 is 40.5 Å². The molecule has 1 saturated heterocycles. The summed E-state index contributed by atoms with van der Waals surface area (Å²) in [5.41, 5.74) is 11.2. The van der Waals surface area contributed by atoms with E-state index in [4.69, 9.17) is 29.5 Å². The summed E-state index contributed by atoms with van der Waals surface area (Å²) in [5.74, 6) is -6.23. The Morgan fingerprint density at radius 1 is 0.836 bits per heavy atom. The molecule has 55 heavy (non-hydrogen) atoms.